The largest absolute Gasteiger partial charge is 0.491 e. The van der Waals surface area contributed by atoms with Gasteiger partial charge >= 0.3 is 0 Å². The van der Waals surface area contributed by atoms with Crippen molar-refractivity contribution < 1.29 is 14.2 Å². The maximum Gasteiger partial charge on any atom is 0.191 e. The summed E-state index contributed by atoms with van der Waals surface area (Å²) in [6, 6.07) is 6.99. The van der Waals surface area contributed by atoms with Crippen LogP contribution in [0, 0.1) is 5.82 Å². The van der Waals surface area contributed by atoms with Gasteiger partial charge in [-0.25, -0.2) is 4.39 Å². The Labute approximate surface area is 173 Å². The second-order valence-electron chi connectivity index (χ2n) is 8.03. The first-order valence-corrected chi connectivity index (χ1v) is 11.0. The zero-order valence-corrected chi connectivity index (χ0v) is 17.4. The summed E-state index contributed by atoms with van der Waals surface area (Å²) in [6.45, 7) is 5.47. The van der Waals surface area contributed by atoms with Crippen molar-refractivity contribution in [2.45, 2.75) is 63.6 Å². The Balaban J connectivity index is 1.41. The van der Waals surface area contributed by atoms with E-state index < -0.39 is 6.10 Å². The predicted octanol–water partition coefficient (Wildman–Crippen LogP) is 2.53. The minimum Gasteiger partial charge on any atom is -0.491 e. The number of nitrogens with zero attached hydrogens (tertiary/aromatic N) is 2. The van der Waals surface area contributed by atoms with Gasteiger partial charge in [-0.2, -0.15) is 0 Å². The van der Waals surface area contributed by atoms with Gasteiger partial charge in [-0.15, -0.1) is 0 Å². The van der Waals surface area contributed by atoms with E-state index >= 15 is 0 Å². The number of aliphatic hydroxyl groups is 1. The number of hydrogen-bond donors (Lipinski definition) is 3. The van der Waals surface area contributed by atoms with E-state index in [-0.39, 0.29) is 19.0 Å². The topological polar surface area (TPSA) is 69.1 Å². The zero-order chi connectivity index (χ0) is 20.5. The molecule has 162 valence electrons. The van der Waals surface area contributed by atoms with Crippen molar-refractivity contribution in [3.63, 3.8) is 0 Å². The van der Waals surface area contributed by atoms with Crippen LogP contribution < -0.4 is 15.4 Å². The highest BCUT2D eigenvalue weighted by Crippen LogP contribution is 2.26. The van der Waals surface area contributed by atoms with Gasteiger partial charge in [0, 0.05) is 31.7 Å². The first kappa shape index (κ1) is 21.8. The van der Waals surface area contributed by atoms with Crippen LogP contribution in [0.1, 0.15) is 45.4 Å². The van der Waals surface area contributed by atoms with Crippen LogP contribution in [-0.2, 0) is 0 Å². The summed E-state index contributed by atoms with van der Waals surface area (Å²) in [5.41, 5.74) is 0. The van der Waals surface area contributed by atoms with Gasteiger partial charge in [0.2, 0.25) is 0 Å². The molecule has 29 heavy (non-hydrogen) atoms. The molecule has 7 heteroatoms. The smallest absolute Gasteiger partial charge is 0.191 e. The van der Waals surface area contributed by atoms with Crippen molar-refractivity contribution in [1.29, 1.82) is 0 Å². The molecule has 6 nitrogen and oxygen atoms in total. The Morgan fingerprint density at radius 3 is 2.55 bits per heavy atom. The Morgan fingerprint density at radius 2 is 1.90 bits per heavy atom. The molecular formula is C22H35FN4O2. The van der Waals surface area contributed by atoms with E-state index in [1.54, 1.807) is 12.1 Å². The molecule has 1 aliphatic carbocycles. The van der Waals surface area contributed by atoms with Crippen LogP contribution in [-0.4, -0.2) is 66.9 Å². The minimum absolute atomic E-state index is 0.119. The number of halogens is 1. The monoisotopic (exact) mass is 406 g/mol. The Morgan fingerprint density at radius 1 is 1.21 bits per heavy atom. The first-order valence-electron chi connectivity index (χ1n) is 11.0. The molecule has 0 bridgehead atoms. The fraction of sp³-hybridized carbons (Fsp3) is 0.682. The van der Waals surface area contributed by atoms with Crippen LogP contribution in [0.2, 0.25) is 0 Å². The lowest BCUT2D eigenvalue weighted by atomic mass is 10.0. The second-order valence-corrected chi connectivity index (χ2v) is 8.03. The lowest BCUT2D eigenvalue weighted by Crippen LogP contribution is -2.50. The molecule has 1 atom stereocenters. The number of piperidine rings is 1. The molecule has 1 heterocycles. The van der Waals surface area contributed by atoms with Gasteiger partial charge in [-0.1, -0.05) is 12.8 Å². The van der Waals surface area contributed by atoms with E-state index in [4.69, 9.17) is 4.74 Å². The van der Waals surface area contributed by atoms with Crippen molar-refractivity contribution in [2.75, 3.05) is 32.8 Å². The van der Waals surface area contributed by atoms with Gasteiger partial charge < -0.3 is 25.4 Å². The normalized spacial score (nSPS) is 20.6. The summed E-state index contributed by atoms with van der Waals surface area (Å²) in [5, 5.41) is 17.0. The first-order chi connectivity index (χ1) is 14.1. The number of ether oxygens (including phenoxy) is 1. The third-order valence-electron chi connectivity index (χ3n) is 5.77. The molecule has 1 unspecified atom stereocenters. The predicted molar refractivity (Wildman–Crippen MR) is 114 cm³/mol. The Hall–Kier alpha value is -1.86. The number of hydrogen-bond acceptors (Lipinski definition) is 4. The van der Waals surface area contributed by atoms with Crippen molar-refractivity contribution in [2.24, 2.45) is 4.99 Å². The van der Waals surface area contributed by atoms with E-state index in [1.807, 2.05) is 6.92 Å². The van der Waals surface area contributed by atoms with E-state index in [0.29, 0.717) is 11.8 Å². The van der Waals surface area contributed by atoms with Crippen molar-refractivity contribution in [3.8, 4) is 5.75 Å². The molecule has 2 fully saturated rings. The van der Waals surface area contributed by atoms with Crippen molar-refractivity contribution in [1.82, 2.24) is 15.5 Å². The summed E-state index contributed by atoms with van der Waals surface area (Å²) in [5.74, 6) is 0.971. The molecule has 0 spiro atoms. The quantitative estimate of drug-likeness (QED) is 0.457. The molecule has 0 amide bonds. The number of guanidine groups is 1. The molecular weight excluding hydrogens is 371 g/mol. The van der Waals surface area contributed by atoms with Crippen LogP contribution in [0.5, 0.6) is 5.75 Å². The van der Waals surface area contributed by atoms with Gasteiger partial charge in [0.1, 0.15) is 24.3 Å². The van der Waals surface area contributed by atoms with Gasteiger partial charge in [0.25, 0.3) is 0 Å². The third-order valence-corrected chi connectivity index (χ3v) is 5.77. The van der Waals surface area contributed by atoms with Crippen LogP contribution in [0.3, 0.4) is 0 Å². The van der Waals surface area contributed by atoms with Crippen molar-refractivity contribution >= 4 is 5.96 Å². The van der Waals surface area contributed by atoms with Crippen LogP contribution in [0.4, 0.5) is 4.39 Å². The molecule has 0 radical (unpaired) electrons. The third kappa shape index (κ3) is 7.16. The maximum atomic E-state index is 12.9. The average molecular weight is 407 g/mol. The molecule has 1 aromatic rings. The van der Waals surface area contributed by atoms with E-state index in [2.05, 4.69) is 20.5 Å². The van der Waals surface area contributed by atoms with Crippen LogP contribution in [0.15, 0.2) is 29.3 Å². The number of nitrogens with one attached hydrogen (secondary N) is 2. The van der Waals surface area contributed by atoms with Gasteiger partial charge in [-0.3, -0.25) is 4.99 Å². The number of rotatable bonds is 8. The molecule has 1 aliphatic heterocycles. The molecule has 1 saturated carbocycles. The highest BCUT2D eigenvalue weighted by atomic mass is 19.1. The minimum atomic E-state index is -0.722. The Kier molecular flexibility index (Phi) is 8.55. The maximum absolute atomic E-state index is 12.9. The second kappa shape index (κ2) is 11.4. The molecule has 0 aromatic heterocycles. The zero-order valence-electron chi connectivity index (χ0n) is 17.4. The van der Waals surface area contributed by atoms with E-state index in [9.17, 15) is 9.50 Å². The number of likely N-dealkylation sites (tertiary alicyclic amines) is 1. The highest BCUT2D eigenvalue weighted by Gasteiger charge is 2.27. The Bertz CT molecular complexity index is 626. The standard InChI is InChI=1S/C22H35FN4O2/c1-2-24-22(25-15-20(28)16-29-21-9-7-17(23)8-10-21)26-18-11-13-27(14-12-18)19-5-3-4-6-19/h7-10,18-20,28H,2-6,11-16H2,1H3,(H2,24,25,26). The van der Waals surface area contributed by atoms with Gasteiger partial charge in [-0.05, 0) is 56.9 Å². The fourth-order valence-corrected chi connectivity index (χ4v) is 4.16. The summed E-state index contributed by atoms with van der Waals surface area (Å²) in [4.78, 5) is 7.18. The molecule has 2 aliphatic rings. The van der Waals surface area contributed by atoms with Gasteiger partial charge in [0.15, 0.2) is 5.96 Å². The number of aliphatic imine (C=N–C) groups is 1. The van der Waals surface area contributed by atoms with Crippen molar-refractivity contribution in [3.05, 3.63) is 30.1 Å². The number of benzene rings is 1. The molecule has 1 saturated heterocycles. The SMILES string of the molecule is CCNC(=NCC(O)COc1ccc(F)cc1)NC1CCN(C2CCCC2)CC1. The fourth-order valence-electron chi connectivity index (χ4n) is 4.16. The van der Waals surface area contributed by atoms with E-state index in [0.717, 1.165) is 44.5 Å². The summed E-state index contributed by atoms with van der Waals surface area (Å²) < 4.78 is 18.4. The van der Waals surface area contributed by atoms with E-state index in [1.165, 1.54) is 37.8 Å². The average Bonchev–Trinajstić information content (AvgIpc) is 3.27. The summed E-state index contributed by atoms with van der Waals surface area (Å²) in [6.07, 6.45) is 7.01. The van der Waals surface area contributed by atoms with Crippen LogP contribution in [0.25, 0.3) is 0 Å². The lowest BCUT2D eigenvalue weighted by Gasteiger charge is -2.36. The highest BCUT2D eigenvalue weighted by molar-refractivity contribution is 5.80. The summed E-state index contributed by atoms with van der Waals surface area (Å²) >= 11 is 0. The lowest BCUT2D eigenvalue weighted by molar-refractivity contribution is 0.114. The summed E-state index contributed by atoms with van der Waals surface area (Å²) in [7, 11) is 0. The molecule has 1 aromatic carbocycles. The van der Waals surface area contributed by atoms with Gasteiger partial charge in [0.05, 0.1) is 6.54 Å². The molecule has 3 N–H and O–H groups in total. The van der Waals surface area contributed by atoms with Crippen LogP contribution >= 0.6 is 0 Å². The number of aliphatic hydroxyl groups excluding tert-OH is 1. The molecule has 3 rings (SSSR count).